The lowest BCUT2D eigenvalue weighted by molar-refractivity contribution is 0.243. The van der Waals surface area contributed by atoms with Crippen LogP contribution in [0.25, 0.3) is 0 Å². The average molecular weight is 141 g/mol. The molecule has 0 aliphatic heterocycles. The molecule has 0 bridgehead atoms. The summed E-state index contributed by atoms with van der Waals surface area (Å²) in [6, 6.07) is 0. The van der Waals surface area contributed by atoms with E-state index in [9.17, 15) is 0 Å². The average Bonchev–Trinajstić information content (AvgIpc) is 1.84. The molecule has 0 aromatic heterocycles. The highest BCUT2D eigenvalue weighted by atomic mass is 15.1. The molecule has 10 heavy (non-hydrogen) atoms. The summed E-state index contributed by atoms with van der Waals surface area (Å²) in [5, 5.41) is 3.17. The van der Waals surface area contributed by atoms with Gasteiger partial charge >= 0.3 is 0 Å². The molecule has 1 saturated carbocycles. The lowest BCUT2D eigenvalue weighted by Gasteiger charge is -2.39. The van der Waals surface area contributed by atoms with E-state index < -0.39 is 0 Å². The first-order valence-corrected chi connectivity index (χ1v) is 3.67. The minimum atomic E-state index is 0.240. The second-order valence-corrected chi connectivity index (χ2v) is 3.15. The van der Waals surface area contributed by atoms with Gasteiger partial charge < -0.3 is 11.1 Å². The summed E-state index contributed by atoms with van der Waals surface area (Å²) in [6.45, 7) is 2.18. The van der Waals surface area contributed by atoms with Gasteiger partial charge in [-0.05, 0) is 26.2 Å². The third kappa shape index (κ3) is 1.40. The molecule has 0 saturated heterocycles. The monoisotopic (exact) mass is 141 g/mol. The number of rotatable bonds is 1. The highest BCUT2D eigenvalue weighted by Crippen LogP contribution is 2.30. The molecule has 1 aliphatic carbocycles. The largest absolute Gasteiger partial charge is 0.370 e. The Hall–Kier alpha value is -0.730. The van der Waals surface area contributed by atoms with Crippen LogP contribution in [0.5, 0.6) is 0 Å². The van der Waals surface area contributed by atoms with E-state index in [0.29, 0.717) is 5.96 Å². The third-order valence-electron chi connectivity index (χ3n) is 2.13. The second-order valence-electron chi connectivity index (χ2n) is 3.15. The quantitative estimate of drug-likeness (QED) is 0.412. The maximum atomic E-state index is 5.51. The maximum Gasteiger partial charge on any atom is 0.188 e. The van der Waals surface area contributed by atoms with E-state index in [4.69, 9.17) is 5.73 Å². The fourth-order valence-electron chi connectivity index (χ4n) is 1.20. The van der Waals surface area contributed by atoms with Gasteiger partial charge in [-0.25, -0.2) is 0 Å². The smallest absolute Gasteiger partial charge is 0.188 e. The van der Waals surface area contributed by atoms with E-state index in [-0.39, 0.29) is 5.54 Å². The van der Waals surface area contributed by atoms with Crippen molar-refractivity contribution in [3.63, 3.8) is 0 Å². The van der Waals surface area contributed by atoms with Crippen LogP contribution in [-0.2, 0) is 0 Å². The molecule has 3 N–H and O–H groups in total. The Balaban J connectivity index is 2.37. The van der Waals surface area contributed by atoms with Crippen LogP contribution in [0.4, 0.5) is 0 Å². The standard InChI is InChI=1S/C7H15N3/c1-7(4-3-5-7)10-6(8)9-2/h3-5H2,1-2H3,(H3,8,9,10). The third-order valence-corrected chi connectivity index (χ3v) is 2.13. The van der Waals surface area contributed by atoms with Gasteiger partial charge in [0.05, 0.1) is 0 Å². The van der Waals surface area contributed by atoms with Crippen molar-refractivity contribution in [3.05, 3.63) is 0 Å². The van der Waals surface area contributed by atoms with E-state index >= 15 is 0 Å². The summed E-state index contributed by atoms with van der Waals surface area (Å²) >= 11 is 0. The van der Waals surface area contributed by atoms with Crippen LogP contribution in [0.3, 0.4) is 0 Å². The van der Waals surface area contributed by atoms with Crippen LogP contribution in [0, 0.1) is 0 Å². The number of aliphatic imine (C=N–C) groups is 1. The number of nitrogens with zero attached hydrogens (tertiary/aromatic N) is 1. The highest BCUT2D eigenvalue weighted by molar-refractivity contribution is 5.78. The zero-order valence-electron chi connectivity index (χ0n) is 6.65. The summed E-state index contributed by atoms with van der Waals surface area (Å²) in [7, 11) is 1.70. The fourth-order valence-corrected chi connectivity index (χ4v) is 1.20. The molecule has 3 heteroatoms. The first kappa shape index (κ1) is 7.38. The van der Waals surface area contributed by atoms with Gasteiger partial charge in [0.2, 0.25) is 0 Å². The van der Waals surface area contributed by atoms with Gasteiger partial charge in [0.15, 0.2) is 5.96 Å². The zero-order chi connectivity index (χ0) is 7.61. The lowest BCUT2D eigenvalue weighted by atomic mass is 9.79. The number of nitrogens with one attached hydrogen (secondary N) is 1. The Kier molecular flexibility index (Phi) is 1.83. The molecule has 0 atom stereocenters. The molecule has 0 aromatic carbocycles. The summed E-state index contributed by atoms with van der Waals surface area (Å²) in [5.41, 5.74) is 5.75. The van der Waals surface area contributed by atoms with E-state index in [0.717, 1.165) is 0 Å². The van der Waals surface area contributed by atoms with Crippen LogP contribution in [0.15, 0.2) is 4.99 Å². The molecule has 3 nitrogen and oxygen atoms in total. The van der Waals surface area contributed by atoms with Gasteiger partial charge in [0, 0.05) is 12.6 Å². The molecule has 1 rings (SSSR count). The van der Waals surface area contributed by atoms with Crippen LogP contribution >= 0.6 is 0 Å². The minimum Gasteiger partial charge on any atom is -0.370 e. The Morgan fingerprint density at radius 3 is 2.50 bits per heavy atom. The van der Waals surface area contributed by atoms with Crippen LogP contribution in [0.1, 0.15) is 26.2 Å². The van der Waals surface area contributed by atoms with Crippen molar-refractivity contribution in [1.29, 1.82) is 0 Å². The second kappa shape index (κ2) is 2.48. The Morgan fingerprint density at radius 2 is 2.20 bits per heavy atom. The summed E-state index contributed by atoms with van der Waals surface area (Å²) in [5.74, 6) is 0.558. The minimum absolute atomic E-state index is 0.240. The topological polar surface area (TPSA) is 50.4 Å². The molecular weight excluding hydrogens is 126 g/mol. The van der Waals surface area contributed by atoms with E-state index in [1.54, 1.807) is 7.05 Å². The summed E-state index contributed by atoms with van der Waals surface area (Å²) in [4.78, 5) is 3.84. The van der Waals surface area contributed by atoms with E-state index in [2.05, 4.69) is 17.2 Å². The number of nitrogens with two attached hydrogens (primary N) is 1. The van der Waals surface area contributed by atoms with Gasteiger partial charge in [-0.15, -0.1) is 0 Å². The van der Waals surface area contributed by atoms with Gasteiger partial charge in [0.25, 0.3) is 0 Å². The van der Waals surface area contributed by atoms with Crippen molar-refractivity contribution in [1.82, 2.24) is 5.32 Å². The first-order valence-electron chi connectivity index (χ1n) is 3.67. The number of hydrogen-bond acceptors (Lipinski definition) is 1. The molecule has 0 spiro atoms. The Bertz CT molecular complexity index is 147. The van der Waals surface area contributed by atoms with Gasteiger partial charge in [-0.1, -0.05) is 0 Å². The number of guanidine groups is 1. The van der Waals surface area contributed by atoms with Crippen molar-refractivity contribution in [2.75, 3.05) is 7.05 Å². The van der Waals surface area contributed by atoms with Crippen molar-refractivity contribution in [2.45, 2.75) is 31.7 Å². The molecule has 1 fully saturated rings. The summed E-state index contributed by atoms with van der Waals surface area (Å²) < 4.78 is 0. The highest BCUT2D eigenvalue weighted by Gasteiger charge is 2.31. The normalized spacial score (nSPS) is 23.6. The molecule has 58 valence electrons. The number of hydrogen-bond donors (Lipinski definition) is 2. The Labute approximate surface area is 61.7 Å². The van der Waals surface area contributed by atoms with E-state index in [1.807, 2.05) is 0 Å². The summed E-state index contributed by atoms with van der Waals surface area (Å²) in [6.07, 6.45) is 3.73. The fraction of sp³-hybridized carbons (Fsp3) is 0.857. The predicted octanol–water partition coefficient (Wildman–Crippen LogP) is 0.463. The van der Waals surface area contributed by atoms with Crippen molar-refractivity contribution in [3.8, 4) is 0 Å². The molecule has 0 heterocycles. The van der Waals surface area contributed by atoms with Crippen LogP contribution < -0.4 is 11.1 Å². The zero-order valence-corrected chi connectivity index (χ0v) is 6.65. The molecule has 1 aliphatic rings. The Morgan fingerprint density at radius 1 is 1.60 bits per heavy atom. The molecule has 0 radical (unpaired) electrons. The molecular formula is C7H15N3. The van der Waals surface area contributed by atoms with Crippen molar-refractivity contribution >= 4 is 5.96 Å². The first-order chi connectivity index (χ1) is 4.66. The van der Waals surface area contributed by atoms with E-state index in [1.165, 1.54) is 19.3 Å². The maximum absolute atomic E-state index is 5.51. The SMILES string of the molecule is CN=C(N)NC1(C)CCC1. The lowest BCUT2D eigenvalue weighted by Crippen LogP contribution is -2.53. The molecule has 0 aromatic rings. The predicted molar refractivity (Wildman–Crippen MR) is 42.9 cm³/mol. The molecule has 0 amide bonds. The van der Waals surface area contributed by atoms with Gasteiger partial charge in [-0.2, -0.15) is 0 Å². The van der Waals surface area contributed by atoms with Gasteiger partial charge in [0.1, 0.15) is 0 Å². The van der Waals surface area contributed by atoms with Crippen LogP contribution in [0.2, 0.25) is 0 Å². The van der Waals surface area contributed by atoms with Crippen molar-refractivity contribution in [2.24, 2.45) is 10.7 Å². The van der Waals surface area contributed by atoms with Gasteiger partial charge in [-0.3, -0.25) is 4.99 Å². The van der Waals surface area contributed by atoms with Crippen molar-refractivity contribution < 1.29 is 0 Å². The molecule has 0 unspecified atom stereocenters. The van der Waals surface area contributed by atoms with Crippen LogP contribution in [-0.4, -0.2) is 18.5 Å².